The average Bonchev–Trinajstić information content (AvgIpc) is 3.56. The number of hydrogen-bond acceptors (Lipinski definition) is 10. The zero-order valence-electron chi connectivity index (χ0n) is 32.0. The van der Waals surface area contributed by atoms with Gasteiger partial charge in [0.25, 0.3) is 11.5 Å². The Balaban J connectivity index is 1.09. The van der Waals surface area contributed by atoms with Crippen LogP contribution in [0.3, 0.4) is 0 Å². The highest BCUT2D eigenvalue weighted by Crippen LogP contribution is 2.40. The second kappa shape index (κ2) is 14.4. The van der Waals surface area contributed by atoms with E-state index in [-0.39, 0.29) is 34.6 Å². The van der Waals surface area contributed by atoms with E-state index in [0.717, 1.165) is 64.3 Å². The molecule has 1 atom stereocenters. The first kappa shape index (κ1) is 36.7. The van der Waals surface area contributed by atoms with Gasteiger partial charge in [-0.2, -0.15) is 0 Å². The van der Waals surface area contributed by atoms with Crippen LogP contribution in [0.1, 0.15) is 54.5 Å². The predicted octanol–water partition coefficient (Wildman–Crippen LogP) is 4.09. The number of aromatic nitrogens is 4. The maximum atomic E-state index is 14.2. The summed E-state index contributed by atoms with van der Waals surface area (Å²) in [5.74, 6) is -0.0604. The van der Waals surface area contributed by atoms with Crippen molar-refractivity contribution in [2.24, 2.45) is 12.5 Å². The second-order valence-electron chi connectivity index (χ2n) is 16.0. The van der Waals surface area contributed by atoms with E-state index in [1.54, 1.807) is 36.5 Å². The van der Waals surface area contributed by atoms with Crippen LogP contribution in [0.25, 0.3) is 11.3 Å². The summed E-state index contributed by atoms with van der Waals surface area (Å²) in [4.78, 5) is 56.1. The molecular weight excluding hydrogens is 699 g/mol. The summed E-state index contributed by atoms with van der Waals surface area (Å²) in [5.41, 5.74) is 6.34. The molecule has 14 heteroatoms. The molecule has 6 heterocycles. The van der Waals surface area contributed by atoms with E-state index in [0.29, 0.717) is 52.3 Å². The van der Waals surface area contributed by atoms with Crippen LogP contribution < -0.4 is 26.0 Å². The van der Waals surface area contributed by atoms with E-state index in [1.165, 1.54) is 21.9 Å². The average molecular weight is 748 g/mol. The molecule has 55 heavy (non-hydrogen) atoms. The number of nitrogens with one attached hydrogen (secondary N) is 2. The predicted molar refractivity (Wildman–Crippen MR) is 212 cm³/mol. The first-order chi connectivity index (χ1) is 26.4. The van der Waals surface area contributed by atoms with E-state index in [2.05, 4.69) is 57.3 Å². The molecule has 14 nitrogen and oxygen atoms in total. The van der Waals surface area contributed by atoms with Crippen LogP contribution in [0.5, 0.6) is 0 Å². The molecule has 1 aromatic carbocycles. The van der Waals surface area contributed by atoms with Crippen LogP contribution in [0.2, 0.25) is 0 Å². The standard InChI is InChI=1S/C41H49N9O5/c1-6-36(52)44-31-17-27(8-9-33(31)48-15-14-47(20-25(48)2)28-23-55-24-28)43-37-40(54)46(5)21-32(45-37)29-10-11-42-38(30(29)22-51)50-13-7-12-49-34(39(50)53)16-26-18-41(3,4)19-35(26)49/h6,8-11,16-17,21,25,28,51H,1,7,12-15,18-20,22-24H2,2-5H3,(H,43,45)(H,44,52). The maximum Gasteiger partial charge on any atom is 0.293 e. The first-order valence-electron chi connectivity index (χ1n) is 19.1. The van der Waals surface area contributed by atoms with Gasteiger partial charge in [-0.3, -0.25) is 24.2 Å². The van der Waals surface area contributed by atoms with Crippen molar-refractivity contribution < 1.29 is 19.4 Å². The van der Waals surface area contributed by atoms with Crippen LogP contribution in [-0.4, -0.2) is 92.4 Å². The molecule has 4 aromatic rings. The van der Waals surface area contributed by atoms with Gasteiger partial charge in [0.1, 0.15) is 11.5 Å². The third-order valence-corrected chi connectivity index (χ3v) is 11.4. The van der Waals surface area contributed by atoms with Crippen molar-refractivity contribution >= 4 is 40.5 Å². The highest BCUT2D eigenvalue weighted by atomic mass is 16.5. The Labute approximate surface area is 320 Å². The maximum absolute atomic E-state index is 14.2. The molecule has 8 rings (SSSR count). The molecule has 0 bridgehead atoms. The van der Waals surface area contributed by atoms with Crippen LogP contribution >= 0.6 is 0 Å². The monoisotopic (exact) mass is 747 g/mol. The summed E-state index contributed by atoms with van der Waals surface area (Å²) in [6, 6.07) is 10.0. The van der Waals surface area contributed by atoms with Gasteiger partial charge in [-0.1, -0.05) is 20.4 Å². The fourth-order valence-electron chi connectivity index (χ4n) is 8.62. The first-order valence-corrected chi connectivity index (χ1v) is 19.1. The number of anilines is 5. The van der Waals surface area contributed by atoms with Gasteiger partial charge in [-0.15, -0.1) is 0 Å². The zero-order chi connectivity index (χ0) is 38.6. The number of aliphatic hydroxyl groups excluding tert-OH is 1. The molecule has 4 aliphatic rings. The molecule has 1 aliphatic carbocycles. The van der Waals surface area contributed by atoms with Crippen LogP contribution in [0.15, 0.2) is 60.2 Å². The highest BCUT2D eigenvalue weighted by Gasteiger charge is 2.37. The lowest BCUT2D eigenvalue weighted by atomic mass is 9.90. The minimum atomic E-state index is -0.393. The van der Waals surface area contributed by atoms with Crippen molar-refractivity contribution in [3.63, 3.8) is 0 Å². The number of aliphatic hydroxyl groups is 1. The van der Waals surface area contributed by atoms with Crippen LogP contribution in [-0.2, 0) is 42.6 Å². The number of ether oxygens (including phenoxy) is 1. The summed E-state index contributed by atoms with van der Waals surface area (Å²) in [7, 11) is 1.64. The number of rotatable bonds is 9. The molecule has 2 fully saturated rings. The lowest BCUT2D eigenvalue weighted by Crippen LogP contribution is -2.59. The van der Waals surface area contributed by atoms with E-state index in [9.17, 15) is 19.5 Å². The molecule has 0 radical (unpaired) electrons. The lowest BCUT2D eigenvalue weighted by molar-refractivity contribution is -0.111. The third-order valence-electron chi connectivity index (χ3n) is 11.4. The summed E-state index contributed by atoms with van der Waals surface area (Å²) >= 11 is 0. The quantitative estimate of drug-likeness (QED) is 0.214. The Hall–Kier alpha value is -5.31. The van der Waals surface area contributed by atoms with Gasteiger partial charge in [0.2, 0.25) is 5.91 Å². The Morgan fingerprint density at radius 3 is 2.65 bits per heavy atom. The molecule has 0 spiro atoms. The number of aryl methyl sites for hydroxylation is 1. The Bertz CT molecular complexity index is 2240. The molecule has 1 unspecified atom stereocenters. The van der Waals surface area contributed by atoms with Crippen molar-refractivity contribution in [1.82, 2.24) is 24.0 Å². The molecule has 2 amide bonds. The van der Waals surface area contributed by atoms with Crippen LogP contribution in [0, 0.1) is 5.41 Å². The number of pyridine rings is 1. The van der Waals surface area contributed by atoms with Crippen molar-refractivity contribution in [3.05, 3.63) is 88.2 Å². The second-order valence-corrected chi connectivity index (χ2v) is 16.0. The number of amides is 2. The SMILES string of the molecule is C=CC(=O)Nc1cc(Nc2nc(-c3ccnc(N4CCCn5c(cc6c5CC(C)(C)C6)C4=O)c3CO)cn(C)c2=O)ccc1N1CCN(C2COC2)CC1C. The number of carbonyl (C=O) groups is 2. The molecular formula is C41H49N9O5. The van der Waals surface area contributed by atoms with Gasteiger partial charge in [0.05, 0.1) is 42.9 Å². The number of fused-ring (bicyclic) bond motifs is 3. The fraction of sp³-hybridized carbons (Fsp3) is 0.439. The minimum absolute atomic E-state index is 0.0572. The molecule has 3 aliphatic heterocycles. The van der Waals surface area contributed by atoms with Gasteiger partial charge in [-0.25, -0.2) is 9.97 Å². The van der Waals surface area contributed by atoms with E-state index in [4.69, 9.17) is 9.72 Å². The van der Waals surface area contributed by atoms with E-state index >= 15 is 0 Å². The summed E-state index contributed by atoms with van der Waals surface area (Å²) < 4.78 is 9.03. The molecule has 288 valence electrons. The Morgan fingerprint density at radius 1 is 1.11 bits per heavy atom. The van der Waals surface area contributed by atoms with Crippen LogP contribution in [0.4, 0.5) is 28.7 Å². The third kappa shape index (κ3) is 6.83. The van der Waals surface area contributed by atoms with Gasteiger partial charge in [0, 0.05) is 80.7 Å². The van der Waals surface area contributed by atoms with Crippen molar-refractivity contribution in [2.75, 3.05) is 59.8 Å². The normalized spacial score (nSPS) is 19.7. The molecule has 0 saturated carbocycles. The number of benzene rings is 1. The number of piperazine rings is 1. The summed E-state index contributed by atoms with van der Waals surface area (Å²) in [6.07, 6.45) is 7.06. The minimum Gasteiger partial charge on any atom is -0.392 e. The van der Waals surface area contributed by atoms with Gasteiger partial charge < -0.3 is 34.5 Å². The Morgan fingerprint density at radius 2 is 1.93 bits per heavy atom. The number of nitrogens with zero attached hydrogens (tertiary/aromatic N) is 7. The highest BCUT2D eigenvalue weighted by molar-refractivity contribution is 6.06. The van der Waals surface area contributed by atoms with Gasteiger partial charge in [0.15, 0.2) is 5.82 Å². The summed E-state index contributed by atoms with van der Waals surface area (Å²) in [5, 5.41) is 17.0. The number of carbonyl (C=O) groups excluding carboxylic acids is 2. The van der Waals surface area contributed by atoms with Crippen molar-refractivity contribution in [1.29, 1.82) is 0 Å². The fourth-order valence-corrected chi connectivity index (χ4v) is 8.62. The topological polar surface area (TPSA) is 150 Å². The van der Waals surface area contributed by atoms with E-state index < -0.39 is 6.61 Å². The number of hydrogen-bond donors (Lipinski definition) is 3. The van der Waals surface area contributed by atoms with E-state index in [1.807, 2.05) is 18.2 Å². The lowest BCUT2D eigenvalue weighted by Gasteiger charge is -2.46. The summed E-state index contributed by atoms with van der Waals surface area (Å²) in [6.45, 7) is 15.2. The van der Waals surface area contributed by atoms with Gasteiger partial charge >= 0.3 is 0 Å². The smallest absolute Gasteiger partial charge is 0.293 e. The molecule has 3 N–H and O–H groups in total. The van der Waals surface area contributed by atoms with Crippen molar-refractivity contribution in [3.8, 4) is 11.3 Å². The van der Waals surface area contributed by atoms with Crippen molar-refractivity contribution in [2.45, 2.75) is 65.3 Å². The molecule has 3 aromatic heterocycles. The van der Waals surface area contributed by atoms with Gasteiger partial charge in [-0.05, 0) is 73.6 Å². The molecule has 2 saturated heterocycles. The zero-order valence-corrected chi connectivity index (χ0v) is 32.0. The largest absolute Gasteiger partial charge is 0.392 e. The Kier molecular flexibility index (Phi) is 9.60.